The summed E-state index contributed by atoms with van der Waals surface area (Å²) in [5.74, 6) is 0. The summed E-state index contributed by atoms with van der Waals surface area (Å²) in [5.41, 5.74) is 7.77. The fraction of sp³-hybridized carbons (Fsp3) is 0.480. The quantitative estimate of drug-likeness (QED) is 0.830. The van der Waals surface area contributed by atoms with Gasteiger partial charge in [0.1, 0.15) is 0 Å². The van der Waals surface area contributed by atoms with Crippen LogP contribution < -0.4 is 4.90 Å². The van der Waals surface area contributed by atoms with Crippen molar-refractivity contribution < 1.29 is 5.11 Å². The maximum Gasteiger partial charge on any atom is 0.0777 e. The molecule has 1 aliphatic carbocycles. The van der Waals surface area contributed by atoms with Gasteiger partial charge in [0.15, 0.2) is 0 Å². The number of nitrogens with zero attached hydrogens (tertiary/aromatic N) is 4. The van der Waals surface area contributed by atoms with Crippen molar-refractivity contribution in [3.8, 4) is 11.3 Å². The Morgan fingerprint density at radius 1 is 1.03 bits per heavy atom. The lowest BCUT2D eigenvalue weighted by Gasteiger charge is -2.34. The van der Waals surface area contributed by atoms with Crippen molar-refractivity contribution in [3.63, 3.8) is 0 Å². The minimum absolute atomic E-state index is 0.135. The molecule has 158 valence electrons. The molecule has 2 saturated heterocycles. The summed E-state index contributed by atoms with van der Waals surface area (Å²) >= 11 is 0. The largest absolute Gasteiger partial charge is 0.392 e. The highest BCUT2D eigenvalue weighted by atomic mass is 16.3. The van der Waals surface area contributed by atoms with Crippen LogP contribution in [0.1, 0.15) is 24.0 Å². The lowest BCUT2D eigenvalue weighted by atomic mass is 10.0. The Labute approximate surface area is 179 Å². The number of rotatable bonds is 5. The van der Waals surface area contributed by atoms with Crippen LogP contribution in [0.4, 0.5) is 5.69 Å². The Bertz CT molecular complexity index is 915. The van der Waals surface area contributed by atoms with Crippen molar-refractivity contribution in [2.45, 2.75) is 25.4 Å². The minimum atomic E-state index is -0.135. The van der Waals surface area contributed by atoms with Crippen molar-refractivity contribution in [1.29, 1.82) is 0 Å². The molecule has 1 aromatic heterocycles. The number of β-amino-alcohol motifs (C(OH)–C–C–N with tert-alkyl or cyclic N) is 1. The molecule has 0 radical (unpaired) electrons. The number of hydrogen-bond acceptors (Lipinski definition) is 5. The fourth-order valence-corrected chi connectivity index (χ4v) is 4.93. The van der Waals surface area contributed by atoms with Gasteiger partial charge in [-0.3, -0.25) is 4.98 Å². The van der Waals surface area contributed by atoms with Crippen LogP contribution in [-0.4, -0.2) is 78.9 Å². The van der Waals surface area contributed by atoms with Gasteiger partial charge in [-0.1, -0.05) is 23.8 Å². The number of likely N-dealkylation sites (tertiary alicyclic amines) is 1. The van der Waals surface area contributed by atoms with Crippen LogP contribution in [0.15, 0.2) is 42.1 Å². The highest BCUT2D eigenvalue weighted by molar-refractivity contribution is 5.78. The summed E-state index contributed by atoms with van der Waals surface area (Å²) < 4.78 is 0. The van der Waals surface area contributed by atoms with Gasteiger partial charge in [-0.25, -0.2) is 0 Å². The van der Waals surface area contributed by atoms with E-state index in [4.69, 9.17) is 4.98 Å². The predicted octanol–water partition coefficient (Wildman–Crippen LogP) is 2.90. The zero-order valence-corrected chi connectivity index (χ0v) is 17.9. The number of hydrogen-bond donors (Lipinski definition) is 1. The molecule has 1 unspecified atom stereocenters. The molecule has 5 nitrogen and oxygen atoms in total. The third-order valence-electron chi connectivity index (χ3n) is 6.85. The molecule has 0 amide bonds. The normalized spacial score (nSPS) is 22.4. The number of pyridine rings is 1. The molecule has 2 fully saturated rings. The van der Waals surface area contributed by atoms with E-state index < -0.39 is 0 Å². The number of aromatic nitrogens is 1. The van der Waals surface area contributed by atoms with E-state index in [0.717, 1.165) is 70.8 Å². The van der Waals surface area contributed by atoms with Crippen LogP contribution in [0.5, 0.6) is 0 Å². The number of aliphatic hydroxyl groups excluding tert-OH is 1. The summed E-state index contributed by atoms with van der Waals surface area (Å²) in [5, 5.41) is 9.74. The van der Waals surface area contributed by atoms with Crippen LogP contribution in [-0.2, 0) is 6.42 Å². The summed E-state index contributed by atoms with van der Waals surface area (Å²) in [4.78, 5) is 12.0. The molecule has 0 spiro atoms. The molecule has 30 heavy (non-hydrogen) atoms. The van der Waals surface area contributed by atoms with Crippen molar-refractivity contribution in [2.24, 2.45) is 0 Å². The Morgan fingerprint density at radius 3 is 2.57 bits per heavy atom. The summed E-state index contributed by atoms with van der Waals surface area (Å²) in [6.45, 7) is 7.32. The number of fused-ring (bicyclic) bond motifs is 1. The van der Waals surface area contributed by atoms with Gasteiger partial charge in [-0.2, -0.15) is 0 Å². The van der Waals surface area contributed by atoms with Gasteiger partial charge < -0.3 is 19.8 Å². The first kappa shape index (κ1) is 19.7. The number of anilines is 1. The van der Waals surface area contributed by atoms with Gasteiger partial charge in [0, 0.05) is 68.8 Å². The van der Waals surface area contributed by atoms with Crippen molar-refractivity contribution in [2.75, 3.05) is 57.8 Å². The van der Waals surface area contributed by atoms with E-state index in [1.54, 1.807) is 0 Å². The Morgan fingerprint density at radius 2 is 1.83 bits per heavy atom. The van der Waals surface area contributed by atoms with Crippen LogP contribution in [0.25, 0.3) is 17.3 Å². The van der Waals surface area contributed by atoms with E-state index in [9.17, 15) is 5.11 Å². The van der Waals surface area contributed by atoms with Gasteiger partial charge >= 0.3 is 0 Å². The van der Waals surface area contributed by atoms with Crippen molar-refractivity contribution >= 4 is 11.8 Å². The topological polar surface area (TPSA) is 42.8 Å². The Kier molecular flexibility index (Phi) is 5.59. The molecule has 3 aliphatic rings. The second-order valence-electron chi connectivity index (χ2n) is 9.04. The maximum absolute atomic E-state index is 9.74. The molecule has 0 bridgehead atoms. The molecule has 2 aliphatic heterocycles. The van der Waals surface area contributed by atoms with E-state index in [1.807, 2.05) is 6.20 Å². The van der Waals surface area contributed by atoms with Gasteiger partial charge in [0.25, 0.3) is 0 Å². The fourth-order valence-electron chi connectivity index (χ4n) is 4.93. The van der Waals surface area contributed by atoms with Crippen LogP contribution in [0.2, 0.25) is 0 Å². The highest BCUT2D eigenvalue weighted by Gasteiger charge is 2.22. The van der Waals surface area contributed by atoms with E-state index in [2.05, 4.69) is 58.2 Å². The smallest absolute Gasteiger partial charge is 0.0777 e. The molecule has 1 aromatic carbocycles. The predicted molar refractivity (Wildman–Crippen MR) is 123 cm³/mol. The lowest BCUT2D eigenvalue weighted by Crippen LogP contribution is -2.44. The highest BCUT2D eigenvalue weighted by Crippen LogP contribution is 2.34. The minimum Gasteiger partial charge on any atom is -0.392 e. The molecule has 0 saturated carbocycles. The van der Waals surface area contributed by atoms with Gasteiger partial charge in [0.05, 0.1) is 11.8 Å². The number of piperazine rings is 1. The van der Waals surface area contributed by atoms with E-state index in [1.165, 1.54) is 28.0 Å². The van der Waals surface area contributed by atoms with Crippen LogP contribution >= 0.6 is 0 Å². The average Bonchev–Trinajstić information content (AvgIpc) is 3.38. The van der Waals surface area contributed by atoms with Crippen molar-refractivity contribution in [1.82, 2.24) is 14.8 Å². The third-order valence-corrected chi connectivity index (χ3v) is 6.85. The molecular weight excluding hydrogens is 372 g/mol. The second kappa shape index (κ2) is 8.50. The Balaban J connectivity index is 1.29. The first-order chi connectivity index (χ1) is 14.7. The van der Waals surface area contributed by atoms with Gasteiger partial charge in [0.2, 0.25) is 0 Å². The first-order valence-electron chi connectivity index (χ1n) is 11.3. The molecule has 2 aromatic rings. The third kappa shape index (κ3) is 4.15. The van der Waals surface area contributed by atoms with E-state index >= 15 is 0 Å². The molecular formula is C25H32N4O. The van der Waals surface area contributed by atoms with E-state index in [-0.39, 0.29) is 6.10 Å². The summed E-state index contributed by atoms with van der Waals surface area (Å²) in [6, 6.07) is 11.1. The van der Waals surface area contributed by atoms with Crippen molar-refractivity contribution in [3.05, 3.63) is 53.2 Å². The summed E-state index contributed by atoms with van der Waals surface area (Å²) in [6.07, 6.45) is 7.19. The SMILES string of the molecule is CN1CCN(c2ccc(-c3nccc4c3C=C(CCN3CCC(O)C3)C4)cc2)CC1. The zero-order valence-electron chi connectivity index (χ0n) is 17.9. The monoisotopic (exact) mass is 404 g/mol. The molecule has 3 heterocycles. The second-order valence-corrected chi connectivity index (χ2v) is 9.04. The summed E-state index contributed by atoms with van der Waals surface area (Å²) in [7, 11) is 2.19. The number of benzene rings is 1. The van der Waals surface area contributed by atoms with Crippen LogP contribution in [0, 0.1) is 0 Å². The molecule has 1 atom stereocenters. The molecule has 1 N–H and O–H groups in total. The van der Waals surface area contributed by atoms with Gasteiger partial charge in [-0.15, -0.1) is 0 Å². The number of likely N-dealkylation sites (N-methyl/N-ethyl adjacent to an activating group) is 1. The van der Waals surface area contributed by atoms with Crippen LogP contribution in [0.3, 0.4) is 0 Å². The maximum atomic E-state index is 9.74. The average molecular weight is 405 g/mol. The van der Waals surface area contributed by atoms with Gasteiger partial charge in [-0.05, 0) is 50.1 Å². The molecule has 5 heteroatoms. The first-order valence-corrected chi connectivity index (χ1v) is 11.3. The molecule has 5 rings (SSSR count). The standard InChI is InChI=1S/C25H32N4O/c1-27-12-14-29(15-13-27)22-4-2-20(3-5-22)25-24-17-19(16-21(24)6-9-26-25)7-10-28-11-8-23(30)18-28/h2-6,9,17,23,30H,7-8,10-16,18H2,1H3. The number of aliphatic hydroxyl groups is 1. The van der Waals surface area contributed by atoms with E-state index in [0.29, 0.717) is 0 Å². The zero-order chi connectivity index (χ0) is 20.5. The lowest BCUT2D eigenvalue weighted by molar-refractivity contribution is 0.177. The Hall–Kier alpha value is -2.21.